The first-order valence-corrected chi connectivity index (χ1v) is 6.11. The maximum Gasteiger partial charge on any atom is 0.416 e. The Morgan fingerprint density at radius 1 is 1.33 bits per heavy atom. The third-order valence-corrected chi connectivity index (χ3v) is 3.20. The molecule has 0 heterocycles. The van der Waals surface area contributed by atoms with Crippen LogP contribution in [0.25, 0.3) is 0 Å². The molecule has 2 rings (SSSR count). The summed E-state index contributed by atoms with van der Waals surface area (Å²) >= 11 is 0. The Labute approximate surface area is 104 Å². The average Bonchev–Trinajstić information content (AvgIpc) is 3.13. The van der Waals surface area contributed by atoms with E-state index >= 15 is 0 Å². The summed E-state index contributed by atoms with van der Waals surface area (Å²) in [5.74, 6) is 0.671. The van der Waals surface area contributed by atoms with Gasteiger partial charge >= 0.3 is 6.18 Å². The zero-order valence-electron chi connectivity index (χ0n) is 10.0. The van der Waals surface area contributed by atoms with E-state index in [9.17, 15) is 13.2 Å². The van der Waals surface area contributed by atoms with Crippen LogP contribution >= 0.6 is 0 Å². The molecule has 0 aromatic heterocycles. The summed E-state index contributed by atoms with van der Waals surface area (Å²) in [6, 6.07) is 5.18. The molecule has 0 spiro atoms. The normalized spacial score (nSPS) is 17.8. The van der Waals surface area contributed by atoms with Gasteiger partial charge in [-0.3, -0.25) is 0 Å². The van der Waals surface area contributed by atoms with Gasteiger partial charge in [-0.15, -0.1) is 0 Å². The fourth-order valence-corrected chi connectivity index (χ4v) is 1.90. The summed E-state index contributed by atoms with van der Waals surface area (Å²) in [6.45, 7) is 1.13. The quantitative estimate of drug-likeness (QED) is 0.852. The van der Waals surface area contributed by atoms with E-state index in [0.29, 0.717) is 18.0 Å². The van der Waals surface area contributed by atoms with Crippen molar-refractivity contribution in [1.29, 1.82) is 0 Å². The van der Waals surface area contributed by atoms with Crippen LogP contribution in [0.1, 0.15) is 30.0 Å². The molecule has 100 valence electrons. The van der Waals surface area contributed by atoms with E-state index < -0.39 is 11.7 Å². The standard InChI is InChI=1S/C13H17F3N2/c14-13(15,16)11-3-1-2-10(6-11)12(7-17)18-8-9-4-5-9/h1-3,6,9,12,18H,4-5,7-8,17H2. The van der Waals surface area contributed by atoms with E-state index in [2.05, 4.69) is 5.32 Å². The van der Waals surface area contributed by atoms with E-state index in [4.69, 9.17) is 5.73 Å². The molecular weight excluding hydrogens is 241 g/mol. The molecule has 1 aromatic carbocycles. The monoisotopic (exact) mass is 258 g/mol. The highest BCUT2D eigenvalue weighted by Gasteiger charge is 2.31. The van der Waals surface area contributed by atoms with Crippen LogP contribution in [0.15, 0.2) is 24.3 Å². The minimum absolute atomic E-state index is 0.201. The molecule has 1 saturated carbocycles. The molecule has 0 aliphatic heterocycles. The molecule has 1 aliphatic carbocycles. The van der Waals surface area contributed by atoms with Crippen molar-refractivity contribution < 1.29 is 13.2 Å². The summed E-state index contributed by atoms with van der Waals surface area (Å²) < 4.78 is 37.8. The Bertz CT molecular complexity index is 399. The van der Waals surface area contributed by atoms with Crippen LogP contribution in [-0.2, 0) is 6.18 Å². The Balaban J connectivity index is 2.08. The summed E-state index contributed by atoms with van der Waals surface area (Å²) in [6.07, 6.45) is -1.90. The topological polar surface area (TPSA) is 38.0 Å². The van der Waals surface area contributed by atoms with Gasteiger partial charge in [-0.05, 0) is 43.0 Å². The molecule has 1 unspecified atom stereocenters. The summed E-state index contributed by atoms with van der Waals surface area (Å²) in [4.78, 5) is 0. The molecule has 1 aliphatic rings. The van der Waals surface area contributed by atoms with Crippen molar-refractivity contribution in [1.82, 2.24) is 5.32 Å². The van der Waals surface area contributed by atoms with Gasteiger partial charge < -0.3 is 11.1 Å². The smallest absolute Gasteiger partial charge is 0.329 e. The first-order chi connectivity index (χ1) is 8.50. The van der Waals surface area contributed by atoms with Crippen molar-refractivity contribution in [2.24, 2.45) is 11.7 Å². The minimum Gasteiger partial charge on any atom is -0.329 e. The number of halogens is 3. The summed E-state index contributed by atoms with van der Waals surface area (Å²) in [5, 5.41) is 3.23. The lowest BCUT2D eigenvalue weighted by atomic mass is 10.0. The van der Waals surface area contributed by atoms with E-state index in [1.54, 1.807) is 6.07 Å². The van der Waals surface area contributed by atoms with Crippen LogP contribution in [0.2, 0.25) is 0 Å². The zero-order chi connectivity index (χ0) is 13.2. The molecule has 1 aromatic rings. The van der Waals surface area contributed by atoms with Gasteiger partial charge in [0.25, 0.3) is 0 Å². The molecule has 0 saturated heterocycles. The summed E-state index contributed by atoms with van der Waals surface area (Å²) in [7, 11) is 0. The lowest BCUT2D eigenvalue weighted by molar-refractivity contribution is -0.137. The lowest BCUT2D eigenvalue weighted by Gasteiger charge is -2.18. The van der Waals surface area contributed by atoms with Crippen molar-refractivity contribution in [2.75, 3.05) is 13.1 Å². The molecular formula is C13H17F3N2. The largest absolute Gasteiger partial charge is 0.416 e. The van der Waals surface area contributed by atoms with Crippen LogP contribution in [-0.4, -0.2) is 13.1 Å². The van der Waals surface area contributed by atoms with Gasteiger partial charge in [0.2, 0.25) is 0 Å². The average molecular weight is 258 g/mol. The molecule has 1 atom stereocenters. The predicted octanol–water partition coefficient (Wildman–Crippen LogP) is 2.70. The third-order valence-electron chi connectivity index (χ3n) is 3.20. The van der Waals surface area contributed by atoms with Gasteiger partial charge in [0, 0.05) is 12.6 Å². The molecule has 0 amide bonds. The maximum absolute atomic E-state index is 12.6. The Hall–Kier alpha value is -1.07. The van der Waals surface area contributed by atoms with Gasteiger partial charge in [0.1, 0.15) is 0 Å². The van der Waals surface area contributed by atoms with Crippen molar-refractivity contribution in [2.45, 2.75) is 25.1 Å². The molecule has 5 heteroatoms. The third kappa shape index (κ3) is 3.46. The number of nitrogens with one attached hydrogen (secondary N) is 1. The lowest BCUT2D eigenvalue weighted by Crippen LogP contribution is -2.30. The Morgan fingerprint density at radius 3 is 2.61 bits per heavy atom. The van der Waals surface area contributed by atoms with Gasteiger partial charge in [0.05, 0.1) is 5.56 Å². The summed E-state index contributed by atoms with van der Waals surface area (Å²) in [5.41, 5.74) is 5.61. The van der Waals surface area contributed by atoms with Gasteiger partial charge in [0.15, 0.2) is 0 Å². The Morgan fingerprint density at radius 2 is 2.06 bits per heavy atom. The second-order valence-corrected chi connectivity index (χ2v) is 4.76. The van der Waals surface area contributed by atoms with E-state index in [1.807, 2.05) is 0 Å². The van der Waals surface area contributed by atoms with Crippen LogP contribution in [0, 0.1) is 5.92 Å². The number of benzene rings is 1. The Kier molecular flexibility index (Phi) is 3.92. The minimum atomic E-state index is -4.30. The first-order valence-electron chi connectivity index (χ1n) is 6.11. The highest BCUT2D eigenvalue weighted by molar-refractivity contribution is 5.28. The van der Waals surface area contributed by atoms with Crippen molar-refractivity contribution >= 4 is 0 Å². The number of hydrogen-bond donors (Lipinski definition) is 2. The van der Waals surface area contributed by atoms with Crippen molar-refractivity contribution in [3.63, 3.8) is 0 Å². The van der Waals surface area contributed by atoms with Gasteiger partial charge in [-0.25, -0.2) is 0 Å². The van der Waals surface area contributed by atoms with Crippen LogP contribution in [0.3, 0.4) is 0 Å². The maximum atomic E-state index is 12.6. The number of alkyl halides is 3. The number of rotatable bonds is 5. The van der Waals surface area contributed by atoms with Crippen LogP contribution < -0.4 is 11.1 Å². The zero-order valence-corrected chi connectivity index (χ0v) is 10.0. The van der Waals surface area contributed by atoms with Crippen molar-refractivity contribution in [3.05, 3.63) is 35.4 Å². The number of hydrogen-bond acceptors (Lipinski definition) is 2. The highest BCUT2D eigenvalue weighted by atomic mass is 19.4. The fourth-order valence-electron chi connectivity index (χ4n) is 1.90. The highest BCUT2D eigenvalue weighted by Crippen LogP contribution is 2.31. The molecule has 18 heavy (non-hydrogen) atoms. The van der Waals surface area contributed by atoms with Crippen molar-refractivity contribution in [3.8, 4) is 0 Å². The van der Waals surface area contributed by atoms with E-state index in [1.165, 1.54) is 25.0 Å². The van der Waals surface area contributed by atoms with E-state index in [0.717, 1.165) is 12.6 Å². The molecule has 1 fully saturated rings. The fraction of sp³-hybridized carbons (Fsp3) is 0.538. The van der Waals surface area contributed by atoms with Crippen LogP contribution in [0.4, 0.5) is 13.2 Å². The second kappa shape index (κ2) is 5.28. The molecule has 0 bridgehead atoms. The molecule has 2 nitrogen and oxygen atoms in total. The first kappa shape index (κ1) is 13.4. The van der Waals surface area contributed by atoms with Gasteiger partial charge in [-0.2, -0.15) is 13.2 Å². The SMILES string of the molecule is NCC(NCC1CC1)c1cccc(C(F)(F)F)c1. The predicted molar refractivity (Wildman–Crippen MR) is 64.0 cm³/mol. The molecule has 3 N–H and O–H groups in total. The van der Waals surface area contributed by atoms with Crippen LogP contribution in [0.5, 0.6) is 0 Å². The second-order valence-electron chi connectivity index (χ2n) is 4.76. The van der Waals surface area contributed by atoms with E-state index in [-0.39, 0.29) is 6.04 Å². The molecule has 0 radical (unpaired) electrons. The number of nitrogens with two attached hydrogens (primary N) is 1. The van der Waals surface area contributed by atoms with Gasteiger partial charge in [-0.1, -0.05) is 12.1 Å².